The van der Waals surface area contributed by atoms with Gasteiger partial charge in [0.15, 0.2) is 0 Å². The van der Waals surface area contributed by atoms with Crippen molar-refractivity contribution >= 4 is 28.0 Å². The lowest BCUT2D eigenvalue weighted by Crippen LogP contribution is -1.92. The van der Waals surface area contributed by atoms with Crippen molar-refractivity contribution in [3.63, 3.8) is 0 Å². The van der Waals surface area contributed by atoms with Crippen LogP contribution in [-0.2, 0) is 0 Å². The highest BCUT2D eigenvalue weighted by Crippen LogP contribution is 2.20. The monoisotopic (exact) mass is 291 g/mol. The van der Waals surface area contributed by atoms with Gasteiger partial charge in [0, 0.05) is 16.2 Å². The molecule has 5 heteroatoms. The average Bonchev–Trinajstić information content (AvgIpc) is 2.35. The van der Waals surface area contributed by atoms with Gasteiger partial charge in [0.25, 0.3) is 0 Å². The fourth-order valence-electron chi connectivity index (χ4n) is 1.23. The molecule has 0 radical (unpaired) electrons. The number of rotatable bonds is 3. The van der Waals surface area contributed by atoms with Crippen molar-refractivity contribution < 1.29 is 5.11 Å². The summed E-state index contributed by atoms with van der Waals surface area (Å²) in [6.07, 6.45) is 3.21. The van der Waals surface area contributed by atoms with Crippen LogP contribution in [0.15, 0.2) is 52.2 Å². The smallest absolute Gasteiger partial charge is 0.146 e. The number of aromatic hydroxyl groups is 1. The van der Waals surface area contributed by atoms with Gasteiger partial charge in [-0.1, -0.05) is 22.0 Å². The van der Waals surface area contributed by atoms with E-state index in [4.69, 9.17) is 0 Å². The maximum atomic E-state index is 9.58. The van der Waals surface area contributed by atoms with Crippen molar-refractivity contribution in [3.05, 3.63) is 52.6 Å². The first-order valence-electron chi connectivity index (χ1n) is 4.94. The summed E-state index contributed by atoms with van der Waals surface area (Å²) in [7, 11) is 0. The molecule has 0 aliphatic rings. The van der Waals surface area contributed by atoms with Crippen molar-refractivity contribution in [2.45, 2.75) is 0 Å². The summed E-state index contributed by atoms with van der Waals surface area (Å²) in [6.45, 7) is 0. The van der Waals surface area contributed by atoms with E-state index in [0.29, 0.717) is 11.4 Å². The molecule has 0 amide bonds. The average molecular weight is 292 g/mol. The summed E-state index contributed by atoms with van der Waals surface area (Å²) in [5.74, 6) is 0.831. The Hall–Kier alpha value is -1.88. The Morgan fingerprint density at radius 2 is 2.18 bits per heavy atom. The van der Waals surface area contributed by atoms with Crippen LogP contribution in [0, 0.1) is 0 Å². The Kier molecular flexibility index (Phi) is 3.72. The first kappa shape index (κ1) is 11.6. The molecule has 0 aliphatic carbocycles. The maximum absolute atomic E-state index is 9.58. The molecule has 17 heavy (non-hydrogen) atoms. The second-order valence-electron chi connectivity index (χ2n) is 3.29. The molecule has 2 rings (SSSR count). The van der Waals surface area contributed by atoms with Crippen molar-refractivity contribution in [1.29, 1.82) is 0 Å². The highest BCUT2D eigenvalue weighted by molar-refractivity contribution is 9.10. The normalized spacial score (nSPS) is 10.6. The Morgan fingerprint density at radius 1 is 1.29 bits per heavy atom. The predicted octanol–water partition coefficient (Wildman–Crippen LogP) is 3.00. The van der Waals surface area contributed by atoms with E-state index in [1.54, 1.807) is 30.5 Å². The molecule has 0 saturated heterocycles. The summed E-state index contributed by atoms with van der Waals surface area (Å²) in [6, 6.07) is 10.6. The molecular formula is C12H10BrN3O. The number of pyridine rings is 1. The molecule has 0 fully saturated rings. The molecule has 0 atom stereocenters. The Bertz CT molecular complexity index is 529. The summed E-state index contributed by atoms with van der Waals surface area (Å²) in [5, 5.41) is 13.6. The van der Waals surface area contributed by atoms with Crippen LogP contribution < -0.4 is 5.43 Å². The van der Waals surface area contributed by atoms with E-state index >= 15 is 0 Å². The number of halogens is 1. The van der Waals surface area contributed by atoms with Crippen LogP contribution in [0.4, 0.5) is 5.82 Å². The highest BCUT2D eigenvalue weighted by Gasteiger charge is 1.98. The van der Waals surface area contributed by atoms with Crippen LogP contribution in [0.25, 0.3) is 0 Å². The van der Waals surface area contributed by atoms with E-state index in [-0.39, 0.29) is 5.75 Å². The predicted molar refractivity (Wildman–Crippen MR) is 71.3 cm³/mol. The summed E-state index contributed by atoms with van der Waals surface area (Å²) in [5.41, 5.74) is 3.40. The summed E-state index contributed by atoms with van der Waals surface area (Å²) in [4.78, 5) is 4.05. The first-order valence-corrected chi connectivity index (χ1v) is 5.73. The molecular weight excluding hydrogens is 282 g/mol. The molecule has 2 aromatic rings. The third-order valence-electron chi connectivity index (χ3n) is 2.04. The molecule has 0 spiro atoms. The van der Waals surface area contributed by atoms with Crippen molar-refractivity contribution in [2.75, 3.05) is 5.43 Å². The van der Waals surface area contributed by atoms with Gasteiger partial charge in [-0.25, -0.2) is 4.98 Å². The van der Waals surface area contributed by atoms with Crippen LogP contribution in [0.3, 0.4) is 0 Å². The minimum absolute atomic E-state index is 0.180. The van der Waals surface area contributed by atoms with E-state index < -0.39 is 0 Å². The molecule has 1 aromatic carbocycles. The van der Waals surface area contributed by atoms with Gasteiger partial charge in [-0.05, 0) is 30.3 Å². The molecule has 4 nitrogen and oxygen atoms in total. The van der Waals surface area contributed by atoms with Crippen LogP contribution in [0.2, 0.25) is 0 Å². The lowest BCUT2D eigenvalue weighted by Gasteiger charge is -2.00. The fourth-order valence-corrected chi connectivity index (χ4v) is 1.60. The quantitative estimate of drug-likeness (QED) is 0.675. The van der Waals surface area contributed by atoms with E-state index in [2.05, 4.69) is 31.4 Å². The highest BCUT2D eigenvalue weighted by atomic mass is 79.9. The number of phenolic OH excluding ortho intramolecular Hbond substituents is 1. The van der Waals surface area contributed by atoms with Gasteiger partial charge >= 0.3 is 0 Å². The number of nitrogens with one attached hydrogen (secondary N) is 1. The second-order valence-corrected chi connectivity index (χ2v) is 4.20. The number of phenols is 1. The molecule has 86 valence electrons. The second kappa shape index (κ2) is 5.45. The largest absolute Gasteiger partial charge is 0.507 e. The van der Waals surface area contributed by atoms with E-state index in [1.807, 2.05) is 12.1 Å². The molecule has 0 saturated carbocycles. The van der Waals surface area contributed by atoms with Crippen LogP contribution in [-0.4, -0.2) is 16.3 Å². The number of anilines is 1. The van der Waals surface area contributed by atoms with Gasteiger partial charge in [-0.2, -0.15) is 5.10 Å². The number of benzene rings is 1. The van der Waals surface area contributed by atoms with Gasteiger partial charge in [0.1, 0.15) is 11.6 Å². The Morgan fingerprint density at radius 3 is 2.94 bits per heavy atom. The SMILES string of the molecule is Oc1ccc(Br)cc1C=NNc1ccccn1. The number of nitrogens with zero attached hydrogens (tertiary/aromatic N) is 2. The standard InChI is InChI=1S/C12H10BrN3O/c13-10-4-5-11(17)9(7-10)8-15-16-12-3-1-2-6-14-12/h1-8,17H,(H,14,16). The minimum atomic E-state index is 0.180. The van der Waals surface area contributed by atoms with Gasteiger partial charge in [-0.3, -0.25) is 5.43 Å². The summed E-state index contributed by atoms with van der Waals surface area (Å²) >= 11 is 3.33. The van der Waals surface area contributed by atoms with Crippen LogP contribution in [0.1, 0.15) is 5.56 Å². The van der Waals surface area contributed by atoms with Crippen molar-refractivity contribution in [2.24, 2.45) is 5.10 Å². The zero-order valence-corrected chi connectivity index (χ0v) is 10.4. The van der Waals surface area contributed by atoms with Gasteiger partial charge in [0.2, 0.25) is 0 Å². The van der Waals surface area contributed by atoms with E-state index in [9.17, 15) is 5.11 Å². The third kappa shape index (κ3) is 3.29. The van der Waals surface area contributed by atoms with Gasteiger partial charge < -0.3 is 5.11 Å². The zero-order chi connectivity index (χ0) is 12.1. The zero-order valence-electron chi connectivity index (χ0n) is 8.84. The molecule has 2 N–H and O–H groups in total. The fraction of sp³-hybridized carbons (Fsp3) is 0. The number of hydrazone groups is 1. The minimum Gasteiger partial charge on any atom is -0.507 e. The molecule has 1 heterocycles. The van der Waals surface area contributed by atoms with Crippen LogP contribution >= 0.6 is 15.9 Å². The van der Waals surface area contributed by atoms with Crippen molar-refractivity contribution in [3.8, 4) is 5.75 Å². The lowest BCUT2D eigenvalue weighted by molar-refractivity contribution is 0.474. The molecule has 0 aliphatic heterocycles. The molecule has 1 aromatic heterocycles. The Labute approximate surface area is 107 Å². The van der Waals surface area contributed by atoms with Gasteiger partial charge in [-0.15, -0.1) is 0 Å². The first-order chi connectivity index (χ1) is 8.25. The number of hydrogen-bond donors (Lipinski definition) is 2. The topological polar surface area (TPSA) is 57.5 Å². The molecule has 0 bridgehead atoms. The third-order valence-corrected chi connectivity index (χ3v) is 2.53. The van der Waals surface area contributed by atoms with Crippen LogP contribution in [0.5, 0.6) is 5.75 Å². The summed E-state index contributed by atoms with van der Waals surface area (Å²) < 4.78 is 0.884. The van der Waals surface area contributed by atoms with E-state index in [1.165, 1.54) is 6.21 Å². The van der Waals surface area contributed by atoms with Crippen molar-refractivity contribution in [1.82, 2.24) is 4.98 Å². The van der Waals surface area contributed by atoms with Gasteiger partial charge in [0.05, 0.1) is 6.21 Å². The van der Waals surface area contributed by atoms with E-state index in [0.717, 1.165) is 4.47 Å². The Balaban J connectivity index is 2.08. The number of hydrogen-bond acceptors (Lipinski definition) is 4. The lowest BCUT2D eigenvalue weighted by atomic mass is 10.2. The maximum Gasteiger partial charge on any atom is 0.146 e. The molecule has 0 unspecified atom stereocenters. The number of aromatic nitrogens is 1.